The maximum absolute atomic E-state index is 14.5. The summed E-state index contributed by atoms with van der Waals surface area (Å²) >= 11 is 0. The van der Waals surface area contributed by atoms with Crippen molar-refractivity contribution < 1.29 is 23.5 Å². The molecule has 2 heterocycles. The van der Waals surface area contributed by atoms with Crippen LogP contribution in [0.3, 0.4) is 0 Å². The number of aromatic nitrogens is 3. The van der Waals surface area contributed by atoms with E-state index < -0.39 is 18.0 Å². The zero-order valence-electron chi connectivity index (χ0n) is 15.1. The normalized spacial score (nSPS) is 15.9. The lowest BCUT2D eigenvalue weighted by atomic mass is 10.2. The number of ether oxygens (including phenoxy) is 2. The van der Waals surface area contributed by atoms with Gasteiger partial charge in [-0.15, -0.1) is 0 Å². The van der Waals surface area contributed by atoms with Gasteiger partial charge < -0.3 is 25.8 Å². The summed E-state index contributed by atoms with van der Waals surface area (Å²) in [5.41, 5.74) is 5.92. The highest BCUT2D eigenvalue weighted by atomic mass is 19.1. The van der Waals surface area contributed by atoms with E-state index in [-0.39, 0.29) is 42.6 Å². The largest absolute Gasteiger partial charge is 0.467 e. The third kappa shape index (κ3) is 4.34. The zero-order valence-corrected chi connectivity index (χ0v) is 15.1. The van der Waals surface area contributed by atoms with Crippen molar-refractivity contribution in [2.45, 2.75) is 13.0 Å². The number of hydrogen-bond donors (Lipinski definition) is 3. The van der Waals surface area contributed by atoms with Crippen LogP contribution in [0.2, 0.25) is 0 Å². The molecule has 28 heavy (non-hydrogen) atoms. The quantitative estimate of drug-likeness (QED) is 0.651. The topological polar surface area (TPSA) is 145 Å². The first-order valence-electron chi connectivity index (χ1n) is 8.20. The van der Waals surface area contributed by atoms with Crippen molar-refractivity contribution in [2.24, 2.45) is 0 Å². The summed E-state index contributed by atoms with van der Waals surface area (Å²) in [5, 5.41) is 5.25. The van der Waals surface area contributed by atoms with E-state index in [9.17, 15) is 14.0 Å². The van der Waals surface area contributed by atoms with Gasteiger partial charge in [0.1, 0.15) is 11.9 Å². The number of carbonyl (C=O) groups is 2. The first-order chi connectivity index (χ1) is 13.4. The highest BCUT2D eigenvalue weighted by Crippen LogP contribution is 2.27. The van der Waals surface area contributed by atoms with Gasteiger partial charge in [0.05, 0.1) is 31.6 Å². The SMILES string of the molecule is COc1nc(N)nc(Nc2ccc(N3C[C@H](CNC(C)=O)OC3=O)cc2F)n1. The van der Waals surface area contributed by atoms with Crippen molar-refractivity contribution in [3.63, 3.8) is 0 Å². The minimum atomic E-state index is -0.645. The number of hydrogen-bond acceptors (Lipinski definition) is 9. The molecule has 1 saturated heterocycles. The number of cyclic esters (lactones) is 1. The molecule has 1 aromatic carbocycles. The molecule has 12 heteroatoms. The lowest BCUT2D eigenvalue weighted by Crippen LogP contribution is -2.33. The number of methoxy groups -OCH3 is 1. The third-order valence-corrected chi connectivity index (χ3v) is 3.78. The molecule has 1 aliphatic heterocycles. The molecule has 1 atom stereocenters. The Kier molecular flexibility index (Phi) is 5.38. The standard InChI is InChI=1S/C16H18FN7O4/c1-8(25)19-6-10-7-24(16(26)28-10)9-3-4-12(11(17)5-9)20-14-21-13(18)22-15(23-14)27-2/h3-5,10H,6-7H2,1-2H3,(H,19,25)(H3,18,20,21,22,23)/t10-/m0/s1. The van der Waals surface area contributed by atoms with Crippen LogP contribution >= 0.6 is 0 Å². The van der Waals surface area contributed by atoms with E-state index >= 15 is 0 Å². The van der Waals surface area contributed by atoms with E-state index in [1.54, 1.807) is 0 Å². The number of nitrogens with two attached hydrogens (primary N) is 1. The fourth-order valence-corrected chi connectivity index (χ4v) is 2.51. The molecule has 3 rings (SSSR count). The third-order valence-electron chi connectivity index (χ3n) is 3.78. The maximum atomic E-state index is 14.5. The summed E-state index contributed by atoms with van der Waals surface area (Å²) in [5.74, 6) is -0.955. The van der Waals surface area contributed by atoms with Crippen molar-refractivity contribution in [3.8, 4) is 6.01 Å². The van der Waals surface area contributed by atoms with Gasteiger partial charge >= 0.3 is 12.1 Å². The predicted octanol–water partition coefficient (Wildman–Crippen LogP) is 0.806. The van der Waals surface area contributed by atoms with Crippen LogP contribution in [-0.2, 0) is 9.53 Å². The smallest absolute Gasteiger partial charge is 0.414 e. The minimum absolute atomic E-state index is 0.00644. The van der Waals surface area contributed by atoms with Crippen molar-refractivity contribution in [1.29, 1.82) is 0 Å². The van der Waals surface area contributed by atoms with Gasteiger partial charge in [0, 0.05) is 6.92 Å². The fourth-order valence-electron chi connectivity index (χ4n) is 2.51. The highest BCUT2D eigenvalue weighted by molar-refractivity contribution is 5.90. The van der Waals surface area contributed by atoms with E-state index in [1.807, 2.05) is 0 Å². The molecule has 148 valence electrons. The molecule has 0 unspecified atom stereocenters. The summed E-state index contributed by atoms with van der Waals surface area (Å²) in [6.45, 7) is 1.74. The van der Waals surface area contributed by atoms with Crippen LogP contribution in [0.5, 0.6) is 6.01 Å². The van der Waals surface area contributed by atoms with Gasteiger partial charge in [-0.1, -0.05) is 0 Å². The molecule has 2 aromatic rings. The number of rotatable bonds is 6. The monoisotopic (exact) mass is 391 g/mol. The molecule has 1 fully saturated rings. The van der Waals surface area contributed by atoms with Crippen molar-refractivity contribution in [1.82, 2.24) is 20.3 Å². The number of nitrogens with one attached hydrogen (secondary N) is 2. The Morgan fingerprint density at radius 2 is 2.21 bits per heavy atom. The van der Waals surface area contributed by atoms with Crippen LogP contribution < -0.4 is 26.0 Å². The van der Waals surface area contributed by atoms with E-state index in [2.05, 4.69) is 25.6 Å². The van der Waals surface area contributed by atoms with E-state index in [1.165, 1.54) is 37.1 Å². The summed E-state index contributed by atoms with van der Waals surface area (Å²) < 4.78 is 24.6. The van der Waals surface area contributed by atoms with Gasteiger partial charge in [0.2, 0.25) is 17.8 Å². The van der Waals surface area contributed by atoms with Crippen molar-refractivity contribution in [2.75, 3.05) is 36.1 Å². The van der Waals surface area contributed by atoms with Crippen LogP contribution in [0.25, 0.3) is 0 Å². The molecular formula is C16H18FN7O4. The van der Waals surface area contributed by atoms with Crippen LogP contribution in [0, 0.1) is 5.82 Å². The highest BCUT2D eigenvalue weighted by Gasteiger charge is 2.32. The van der Waals surface area contributed by atoms with Gasteiger partial charge in [-0.3, -0.25) is 9.69 Å². The Morgan fingerprint density at radius 3 is 2.89 bits per heavy atom. The zero-order chi connectivity index (χ0) is 20.3. The molecule has 0 saturated carbocycles. The summed E-state index contributed by atoms with van der Waals surface area (Å²) in [7, 11) is 1.36. The molecule has 0 aliphatic carbocycles. The Hall–Kier alpha value is -3.70. The summed E-state index contributed by atoms with van der Waals surface area (Å²) in [4.78, 5) is 35.8. The Bertz CT molecular complexity index is 911. The fraction of sp³-hybridized carbons (Fsp3) is 0.312. The molecule has 0 bridgehead atoms. The number of nitrogens with zero attached hydrogens (tertiary/aromatic N) is 4. The average Bonchev–Trinajstić information content (AvgIpc) is 3.02. The van der Waals surface area contributed by atoms with Crippen LogP contribution in [0.15, 0.2) is 18.2 Å². The van der Waals surface area contributed by atoms with Crippen LogP contribution in [0.1, 0.15) is 6.92 Å². The number of benzene rings is 1. The number of carbonyl (C=O) groups excluding carboxylic acids is 2. The van der Waals surface area contributed by atoms with Gasteiger partial charge in [-0.25, -0.2) is 9.18 Å². The van der Waals surface area contributed by atoms with E-state index in [0.717, 1.165) is 0 Å². The number of anilines is 4. The second kappa shape index (κ2) is 7.90. The van der Waals surface area contributed by atoms with E-state index in [4.69, 9.17) is 15.2 Å². The van der Waals surface area contributed by atoms with Crippen LogP contribution in [0.4, 0.5) is 32.5 Å². The van der Waals surface area contributed by atoms with Crippen molar-refractivity contribution >= 4 is 35.3 Å². The lowest BCUT2D eigenvalue weighted by molar-refractivity contribution is -0.119. The van der Waals surface area contributed by atoms with Gasteiger partial charge in [0.25, 0.3) is 0 Å². The maximum Gasteiger partial charge on any atom is 0.414 e. The molecular weight excluding hydrogens is 373 g/mol. The second-order valence-corrected chi connectivity index (χ2v) is 5.85. The number of nitrogen functional groups attached to an aromatic ring is 1. The minimum Gasteiger partial charge on any atom is -0.467 e. The van der Waals surface area contributed by atoms with Gasteiger partial charge in [-0.2, -0.15) is 15.0 Å². The molecule has 0 radical (unpaired) electrons. The Balaban J connectivity index is 1.73. The van der Waals surface area contributed by atoms with Gasteiger partial charge in [0.15, 0.2) is 0 Å². The predicted molar refractivity (Wildman–Crippen MR) is 96.8 cm³/mol. The number of halogens is 1. The average molecular weight is 391 g/mol. The summed E-state index contributed by atoms with van der Waals surface area (Å²) in [6, 6.07) is 4.12. The molecule has 0 spiro atoms. The first-order valence-corrected chi connectivity index (χ1v) is 8.20. The van der Waals surface area contributed by atoms with Crippen LogP contribution in [-0.4, -0.2) is 53.3 Å². The van der Waals surface area contributed by atoms with E-state index in [0.29, 0.717) is 5.69 Å². The molecule has 1 aliphatic rings. The number of amides is 2. The Labute approximate surface area is 159 Å². The van der Waals surface area contributed by atoms with Crippen molar-refractivity contribution in [3.05, 3.63) is 24.0 Å². The second-order valence-electron chi connectivity index (χ2n) is 5.85. The molecule has 2 amide bonds. The van der Waals surface area contributed by atoms with Gasteiger partial charge in [-0.05, 0) is 18.2 Å². The molecule has 4 N–H and O–H groups in total. The Morgan fingerprint density at radius 1 is 1.43 bits per heavy atom. The first kappa shape index (κ1) is 19.1. The summed E-state index contributed by atoms with van der Waals surface area (Å²) in [6.07, 6.45) is -1.14. The molecule has 11 nitrogen and oxygen atoms in total. The lowest BCUT2D eigenvalue weighted by Gasteiger charge is -2.15. The molecule has 1 aromatic heterocycles.